The van der Waals surface area contributed by atoms with Crippen molar-refractivity contribution in [2.24, 2.45) is 0 Å². The molecule has 3 rings (SSSR count). The standard InChI is InChI=1S/C17H18ClFN2/c1-17(13-5-3-2-4-6-13)12-21(10-9-20-17)16-8-7-14(18)11-15(16)19/h2-8,11,20H,9-10,12H2,1H3. The Hall–Kier alpha value is -1.58. The topological polar surface area (TPSA) is 15.3 Å². The number of piperazine rings is 1. The average molecular weight is 305 g/mol. The van der Waals surface area contributed by atoms with Crippen molar-refractivity contribution in [3.8, 4) is 0 Å². The molecule has 2 nitrogen and oxygen atoms in total. The molecule has 1 saturated heterocycles. The van der Waals surface area contributed by atoms with Crippen LogP contribution in [0.2, 0.25) is 5.02 Å². The predicted molar refractivity (Wildman–Crippen MR) is 85.4 cm³/mol. The van der Waals surface area contributed by atoms with E-state index in [0.717, 1.165) is 19.6 Å². The van der Waals surface area contributed by atoms with E-state index < -0.39 is 0 Å². The molecule has 0 spiro atoms. The predicted octanol–water partition coefficient (Wildman–Crippen LogP) is 3.80. The van der Waals surface area contributed by atoms with Gasteiger partial charge in [-0.15, -0.1) is 0 Å². The van der Waals surface area contributed by atoms with Crippen LogP contribution in [-0.4, -0.2) is 19.6 Å². The van der Waals surface area contributed by atoms with Gasteiger partial charge in [0.15, 0.2) is 0 Å². The Morgan fingerprint density at radius 1 is 1.19 bits per heavy atom. The lowest BCUT2D eigenvalue weighted by molar-refractivity contribution is 0.330. The van der Waals surface area contributed by atoms with Gasteiger partial charge in [0.25, 0.3) is 0 Å². The summed E-state index contributed by atoms with van der Waals surface area (Å²) in [6, 6.07) is 15.2. The van der Waals surface area contributed by atoms with Gasteiger partial charge in [-0.3, -0.25) is 0 Å². The molecule has 2 aromatic carbocycles. The van der Waals surface area contributed by atoms with E-state index in [4.69, 9.17) is 11.6 Å². The summed E-state index contributed by atoms with van der Waals surface area (Å²) in [6.45, 7) is 4.46. The van der Waals surface area contributed by atoms with Crippen molar-refractivity contribution in [1.82, 2.24) is 5.32 Å². The number of nitrogens with one attached hydrogen (secondary N) is 1. The van der Waals surface area contributed by atoms with E-state index in [1.807, 2.05) is 18.2 Å². The van der Waals surface area contributed by atoms with Crippen LogP contribution in [0.4, 0.5) is 10.1 Å². The summed E-state index contributed by atoms with van der Waals surface area (Å²) >= 11 is 5.84. The molecule has 0 aliphatic carbocycles. The molecule has 1 heterocycles. The third kappa shape index (κ3) is 2.89. The van der Waals surface area contributed by atoms with Crippen LogP contribution in [-0.2, 0) is 5.54 Å². The van der Waals surface area contributed by atoms with Crippen LogP contribution in [0.1, 0.15) is 12.5 Å². The van der Waals surface area contributed by atoms with Crippen LogP contribution in [0.3, 0.4) is 0 Å². The largest absolute Gasteiger partial charge is 0.366 e. The molecule has 1 fully saturated rings. The monoisotopic (exact) mass is 304 g/mol. The maximum absolute atomic E-state index is 14.1. The number of rotatable bonds is 2. The summed E-state index contributed by atoms with van der Waals surface area (Å²) < 4.78 is 14.1. The van der Waals surface area contributed by atoms with Crippen molar-refractivity contribution in [1.29, 1.82) is 0 Å². The third-order valence-corrected chi connectivity index (χ3v) is 4.30. The van der Waals surface area contributed by atoms with Crippen LogP contribution in [0.25, 0.3) is 0 Å². The van der Waals surface area contributed by atoms with Crippen molar-refractivity contribution in [3.63, 3.8) is 0 Å². The van der Waals surface area contributed by atoms with E-state index in [1.54, 1.807) is 12.1 Å². The van der Waals surface area contributed by atoms with Gasteiger partial charge >= 0.3 is 0 Å². The van der Waals surface area contributed by atoms with E-state index in [-0.39, 0.29) is 11.4 Å². The molecule has 1 unspecified atom stereocenters. The summed E-state index contributed by atoms with van der Waals surface area (Å²) in [5.74, 6) is -0.264. The molecule has 1 aliphatic rings. The minimum absolute atomic E-state index is 0.189. The molecule has 21 heavy (non-hydrogen) atoms. The van der Waals surface area contributed by atoms with Crippen molar-refractivity contribution < 1.29 is 4.39 Å². The zero-order chi connectivity index (χ0) is 14.9. The molecule has 1 N–H and O–H groups in total. The maximum atomic E-state index is 14.1. The summed E-state index contributed by atoms with van der Waals surface area (Å²) in [4.78, 5) is 2.08. The Balaban J connectivity index is 1.89. The summed E-state index contributed by atoms with van der Waals surface area (Å²) in [5, 5.41) is 3.98. The first-order valence-corrected chi connectivity index (χ1v) is 7.47. The van der Waals surface area contributed by atoms with Gasteiger partial charge in [-0.25, -0.2) is 4.39 Å². The van der Waals surface area contributed by atoms with Crippen molar-refractivity contribution >= 4 is 17.3 Å². The number of halogens is 2. The number of nitrogens with zero attached hydrogens (tertiary/aromatic N) is 1. The summed E-state index contributed by atoms with van der Waals surface area (Å²) in [5.41, 5.74) is 1.64. The first kappa shape index (κ1) is 14.4. The second-order valence-corrected chi connectivity index (χ2v) is 6.08. The van der Waals surface area contributed by atoms with Gasteiger partial charge < -0.3 is 10.2 Å². The Labute approximate surface area is 129 Å². The van der Waals surface area contributed by atoms with Gasteiger partial charge in [0, 0.05) is 24.7 Å². The Bertz CT molecular complexity index is 632. The molecular weight excluding hydrogens is 287 g/mol. The van der Waals surface area contributed by atoms with Crippen LogP contribution in [0.5, 0.6) is 0 Å². The third-order valence-electron chi connectivity index (χ3n) is 4.07. The summed E-state index contributed by atoms with van der Waals surface area (Å²) in [7, 11) is 0. The molecule has 110 valence electrons. The maximum Gasteiger partial charge on any atom is 0.147 e. The first-order valence-electron chi connectivity index (χ1n) is 7.09. The highest BCUT2D eigenvalue weighted by Gasteiger charge is 2.33. The average Bonchev–Trinajstić information content (AvgIpc) is 2.48. The minimum Gasteiger partial charge on any atom is -0.366 e. The normalized spacial score (nSPS) is 22.3. The van der Waals surface area contributed by atoms with Gasteiger partial charge in [0.1, 0.15) is 5.82 Å². The lowest BCUT2D eigenvalue weighted by Crippen LogP contribution is -2.57. The van der Waals surface area contributed by atoms with Gasteiger partial charge in [-0.1, -0.05) is 41.9 Å². The molecule has 0 aromatic heterocycles. The van der Waals surface area contributed by atoms with Crippen LogP contribution in [0.15, 0.2) is 48.5 Å². The van der Waals surface area contributed by atoms with E-state index in [9.17, 15) is 4.39 Å². The van der Waals surface area contributed by atoms with Crippen LogP contribution in [0, 0.1) is 5.82 Å². The van der Waals surface area contributed by atoms with Gasteiger partial charge in [-0.2, -0.15) is 0 Å². The number of hydrogen-bond donors (Lipinski definition) is 1. The van der Waals surface area contributed by atoms with E-state index in [2.05, 4.69) is 29.3 Å². The summed E-state index contributed by atoms with van der Waals surface area (Å²) in [6.07, 6.45) is 0. The molecule has 4 heteroatoms. The van der Waals surface area contributed by atoms with E-state index in [1.165, 1.54) is 11.6 Å². The molecule has 0 saturated carbocycles. The smallest absolute Gasteiger partial charge is 0.147 e. The highest BCUT2D eigenvalue weighted by atomic mass is 35.5. The Morgan fingerprint density at radius 3 is 2.67 bits per heavy atom. The number of anilines is 1. The SMILES string of the molecule is CC1(c2ccccc2)CN(c2ccc(Cl)cc2F)CCN1. The Morgan fingerprint density at radius 2 is 1.95 bits per heavy atom. The highest BCUT2D eigenvalue weighted by molar-refractivity contribution is 6.30. The molecule has 0 radical (unpaired) electrons. The molecule has 2 aromatic rings. The van der Waals surface area contributed by atoms with E-state index in [0.29, 0.717) is 10.7 Å². The highest BCUT2D eigenvalue weighted by Crippen LogP contribution is 2.30. The number of benzene rings is 2. The fourth-order valence-electron chi connectivity index (χ4n) is 2.93. The van der Waals surface area contributed by atoms with Gasteiger partial charge in [0.2, 0.25) is 0 Å². The van der Waals surface area contributed by atoms with Crippen molar-refractivity contribution in [2.75, 3.05) is 24.5 Å². The molecule has 0 bridgehead atoms. The zero-order valence-corrected chi connectivity index (χ0v) is 12.7. The van der Waals surface area contributed by atoms with Crippen molar-refractivity contribution in [2.45, 2.75) is 12.5 Å². The van der Waals surface area contributed by atoms with Crippen LogP contribution >= 0.6 is 11.6 Å². The quantitative estimate of drug-likeness (QED) is 0.908. The second-order valence-electron chi connectivity index (χ2n) is 5.64. The van der Waals surface area contributed by atoms with Crippen molar-refractivity contribution in [3.05, 3.63) is 64.9 Å². The molecule has 1 atom stereocenters. The lowest BCUT2D eigenvalue weighted by Gasteiger charge is -2.43. The molecular formula is C17H18ClFN2. The van der Waals surface area contributed by atoms with Gasteiger partial charge in [-0.05, 0) is 30.7 Å². The second kappa shape index (κ2) is 5.66. The molecule has 0 amide bonds. The zero-order valence-electron chi connectivity index (χ0n) is 11.9. The fourth-order valence-corrected chi connectivity index (χ4v) is 3.08. The van der Waals surface area contributed by atoms with Crippen LogP contribution < -0.4 is 10.2 Å². The lowest BCUT2D eigenvalue weighted by atomic mass is 9.89. The minimum atomic E-state index is -0.264. The number of hydrogen-bond acceptors (Lipinski definition) is 2. The van der Waals surface area contributed by atoms with E-state index >= 15 is 0 Å². The molecule has 1 aliphatic heterocycles. The first-order chi connectivity index (χ1) is 10.1. The van der Waals surface area contributed by atoms with Gasteiger partial charge in [0.05, 0.1) is 11.2 Å². The fraction of sp³-hybridized carbons (Fsp3) is 0.294. The Kier molecular flexibility index (Phi) is 3.87.